The first-order valence-corrected chi connectivity index (χ1v) is 9.77. The van der Waals surface area contributed by atoms with E-state index in [0.29, 0.717) is 12.0 Å². The molecular formula is C21H19Br2N. The summed E-state index contributed by atoms with van der Waals surface area (Å²) in [6.07, 6.45) is 6.88. The third kappa shape index (κ3) is 2.49. The number of para-hydroxylation sites is 1. The Morgan fingerprint density at radius 3 is 2.50 bits per heavy atom. The number of fused-ring (bicyclic) bond motifs is 2. The van der Waals surface area contributed by atoms with E-state index in [2.05, 4.69) is 117 Å². The first-order valence-electron chi connectivity index (χ1n) is 8.18. The Bertz CT molecular complexity index is 836. The van der Waals surface area contributed by atoms with Crippen LogP contribution in [0.5, 0.6) is 0 Å². The third-order valence-electron chi connectivity index (χ3n) is 5.24. The number of nitrogens with zero attached hydrogens (tertiary/aromatic N) is 1. The predicted octanol–water partition coefficient (Wildman–Crippen LogP) is 6.71. The molecule has 24 heavy (non-hydrogen) atoms. The minimum Gasteiger partial charge on any atom is -0.334 e. The lowest BCUT2D eigenvalue weighted by molar-refractivity contribution is 0.332. The molecular weight excluding hydrogens is 426 g/mol. The summed E-state index contributed by atoms with van der Waals surface area (Å²) < 4.78 is 2.27. The highest BCUT2D eigenvalue weighted by atomic mass is 79.9. The minimum absolute atomic E-state index is 0.0761. The Morgan fingerprint density at radius 2 is 1.75 bits per heavy atom. The number of benzene rings is 2. The van der Waals surface area contributed by atoms with E-state index in [-0.39, 0.29) is 5.41 Å². The van der Waals surface area contributed by atoms with Gasteiger partial charge in [-0.25, -0.2) is 0 Å². The fourth-order valence-electron chi connectivity index (χ4n) is 4.02. The molecule has 0 amide bonds. The summed E-state index contributed by atoms with van der Waals surface area (Å²) in [6.45, 7) is 4.72. The summed E-state index contributed by atoms with van der Waals surface area (Å²) in [5.74, 6) is 0.424. The van der Waals surface area contributed by atoms with E-state index >= 15 is 0 Å². The second-order valence-corrected chi connectivity index (χ2v) is 8.85. The van der Waals surface area contributed by atoms with E-state index in [1.165, 1.54) is 16.9 Å². The van der Waals surface area contributed by atoms with Crippen molar-refractivity contribution in [2.45, 2.75) is 25.3 Å². The average Bonchev–Trinajstić information content (AvgIpc) is 2.55. The van der Waals surface area contributed by atoms with Crippen molar-refractivity contribution in [3.05, 3.63) is 81.3 Å². The second kappa shape index (κ2) is 5.89. The van der Waals surface area contributed by atoms with Crippen LogP contribution in [0.15, 0.2) is 75.7 Å². The Labute approximate surface area is 160 Å². The summed E-state index contributed by atoms with van der Waals surface area (Å²) in [5.41, 5.74) is 3.99. The molecule has 0 aromatic heterocycles. The van der Waals surface area contributed by atoms with Crippen LogP contribution in [0.3, 0.4) is 0 Å². The number of rotatable bonds is 1. The normalized spacial score (nSPS) is 24.2. The molecule has 2 aromatic rings. The zero-order chi connectivity index (χ0) is 16.9. The minimum atomic E-state index is 0.0761. The molecule has 1 aliphatic carbocycles. The summed E-state index contributed by atoms with van der Waals surface area (Å²) in [4.78, 5) is 2.47. The van der Waals surface area contributed by atoms with Gasteiger partial charge in [0.15, 0.2) is 0 Å². The predicted molar refractivity (Wildman–Crippen MR) is 109 cm³/mol. The Kier molecular flexibility index (Phi) is 3.97. The van der Waals surface area contributed by atoms with Crippen molar-refractivity contribution in [1.29, 1.82) is 0 Å². The van der Waals surface area contributed by atoms with Gasteiger partial charge in [-0.05, 0) is 35.9 Å². The Balaban J connectivity index is 1.99. The highest BCUT2D eigenvalue weighted by Crippen LogP contribution is 2.51. The van der Waals surface area contributed by atoms with Crippen LogP contribution >= 0.6 is 31.9 Å². The summed E-state index contributed by atoms with van der Waals surface area (Å²) >= 11 is 7.34. The van der Waals surface area contributed by atoms with Crippen LogP contribution in [0, 0.1) is 5.92 Å². The molecule has 0 saturated carbocycles. The van der Waals surface area contributed by atoms with E-state index in [1.54, 1.807) is 0 Å². The Hall–Kier alpha value is -1.32. The fourth-order valence-corrected chi connectivity index (χ4v) is 4.80. The first-order chi connectivity index (χ1) is 11.5. The van der Waals surface area contributed by atoms with Crippen LogP contribution in [-0.4, -0.2) is 6.04 Å². The van der Waals surface area contributed by atoms with Crippen LogP contribution in [0.1, 0.15) is 19.4 Å². The van der Waals surface area contributed by atoms with Crippen LogP contribution in [0.2, 0.25) is 0 Å². The van der Waals surface area contributed by atoms with Gasteiger partial charge in [0.05, 0.1) is 6.04 Å². The molecule has 2 aromatic carbocycles. The standard InChI is InChI=1S/C21H19Br2N/c1-21(2)17-10-8-14(22)12-19(17)24(16-6-4-3-5-7-16)20-13-15(23)9-11-18(20)21/h3-13,17,19H,1-2H3. The number of hydrogen-bond donors (Lipinski definition) is 0. The van der Waals surface area contributed by atoms with Crippen molar-refractivity contribution in [2.24, 2.45) is 5.92 Å². The molecule has 0 saturated heterocycles. The van der Waals surface area contributed by atoms with Gasteiger partial charge in [0.25, 0.3) is 0 Å². The fraction of sp³-hybridized carbons (Fsp3) is 0.238. The average molecular weight is 445 g/mol. The number of halogens is 2. The van der Waals surface area contributed by atoms with E-state index in [1.807, 2.05) is 0 Å². The van der Waals surface area contributed by atoms with Crippen molar-refractivity contribution >= 4 is 43.2 Å². The summed E-state index contributed by atoms with van der Waals surface area (Å²) in [5, 5.41) is 0. The van der Waals surface area contributed by atoms with Gasteiger partial charge in [-0.3, -0.25) is 0 Å². The third-order valence-corrected chi connectivity index (χ3v) is 6.26. The quantitative estimate of drug-likeness (QED) is 0.472. The molecule has 0 radical (unpaired) electrons. The number of anilines is 2. The topological polar surface area (TPSA) is 3.24 Å². The maximum absolute atomic E-state index is 3.68. The van der Waals surface area contributed by atoms with Gasteiger partial charge in [-0.15, -0.1) is 0 Å². The largest absolute Gasteiger partial charge is 0.334 e. The lowest BCUT2D eigenvalue weighted by Gasteiger charge is -2.51. The SMILES string of the molecule is CC1(C)c2ccc(Br)cc2N(c2ccccc2)C2C=C(Br)C=CC21. The first kappa shape index (κ1) is 16.2. The molecule has 1 aliphatic heterocycles. The molecule has 0 bridgehead atoms. The van der Waals surface area contributed by atoms with Crippen molar-refractivity contribution in [1.82, 2.24) is 0 Å². The van der Waals surface area contributed by atoms with Gasteiger partial charge < -0.3 is 4.90 Å². The Morgan fingerprint density at radius 1 is 1.00 bits per heavy atom. The molecule has 2 atom stereocenters. The molecule has 0 spiro atoms. The van der Waals surface area contributed by atoms with Gasteiger partial charge in [0.1, 0.15) is 0 Å². The van der Waals surface area contributed by atoms with Crippen LogP contribution in [0.25, 0.3) is 0 Å². The van der Waals surface area contributed by atoms with Gasteiger partial charge in [0, 0.05) is 31.7 Å². The van der Waals surface area contributed by atoms with Gasteiger partial charge >= 0.3 is 0 Å². The number of allylic oxidation sites excluding steroid dienone is 2. The van der Waals surface area contributed by atoms with Gasteiger partial charge in [-0.2, -0.15) is 0 Å². The molecule has 122 valence electrons. The monoisotopic (exact) mass is 443 g/mol. The van der Waals surface area contributed by atoms with E-state index in [4.69, 9.17) is 0 Å². The van der Waals surface area contributed by atoms with Crippen molar-refractivity contribution in [2.75, 3.05) is 4.90 Å². The molecule has 2 unspecified atom stereocenters. The van der Waals surface area contributed by atoms with E-state index < -0.39 is 0 Å². The molecule has 0 N–H and O–H groups in total. The molecule has 1 heterocycles. The lowest BCUT2D eigenvalue weighted by Crippen LogP contribution is -2.50. The van der Waals surface area contributed by atoms with Crippen LogP contribution in [-0.2, 0) is 5.41 Å². The van der Waals surface area contributed by atoms with E-state index in [9.17, 15) is 0 Å². The summed E-state index contributed by atoms with van der Waals surface area (Å²) in [6, 6.07) is 17.7. The van der Waals surface area contributed by atoms with Crippen molar-refractivity contribution < 1.29 is 0 Å². The zero-order valence-corrected chi connectivity index (χ0v) is 16.9. The highest BCUT2D eigenvalue weighted by molar-refractivity contribution is 9.12. The van der Waals surface area contributed by atoms with E-state index in [0.717, 1.165) is 8.96 Å². The smallest absolute Gasteiger partial charge is 0.0607 e. The molecule has 4 rings (SSSR count). The maximum atomic E-state index is 3.68. The lowest BCUT2D eigenvalue weighted by atomic mass is 9.65. The maximum Gasteiger partial charge on any atom is 0.0607 e. The highest BCUT2D eigenvalue weighted by Gasteiger charge is 2.45. The van der Waals surface area contributed by atoms with Crippen LogP contribution in [0.4, 0.5) is 11.4 Å². The van der Waals surface area contributed by atoms with Gasteiger partial charge in [0.2, 0.25) is 0 Å². The molecule has 1 nitrogen and oxygen atoms in total. The van der Waals surface area contributed by atoms with Crippen molar-refractivity contribution in [3.63, 3.8) is 0 Å². The van der Waals surface area contributed by atoms with Crippen LogP contribution < -0.4 is 4.90 Å². The zero-order valence-electron chi connectivity index (χ0n) is 13.7. The van der Waals surface area contributed by atoms with Crippen molar-refractivity contribution in [3.8, 4) is 0 Å². The second-order valence-electron chi connectivity index (χ2n) is 7.02. The van der Waals surface area contributed by atoms with Gasteiger partial charge in [-0.1, -0.05) is 82.1 Å². The summed E-state index contributed by atoms with van der Waals surface area (Å²) in [7, 11) is 0. The molecule has 0 fully saturated rings. The molecule has 3 heteroatoms. The number of hydrogen-bond acceptors (Lipinski definition) is 1. The molecule has 2 aliphatic rings.